The van der Waals surface area contributed by atoms with Gasteiger partial charge in [-0.1, -0.05) is 32.9 Å². The van der Waals surface area contributed by atoms with Crippen LogP contribution >= 0.6 is 11.3 Å². The summed E-state index contributed by atoms with van der Waals surface area (Å²) < 4.78 is 0. The molecule has 3 nitrogen and oxygen atoms in total. The maximum absolute atomic E-state index is 13.0. The fourth-order valence-corrected chi connectivity index (χ4v) is 5.82. The number of thiophene rings is 1. The van der Waals surface area contributed by atoms with Crippen LogP contribution in [0.4, 0.5) is 5.00 Å². The quantitative estimate of drug-likeness (QED) is 0.790. The summed E-state index contributed by atoms with van der Waals surface area (Å²) in [7, 11) is 0. The topological polar surface area (TPSA) is 33.5 Å². The molecule has 1 amide bonds. The van der Waals surface area contributed by atoms with Gasteiger partial charge in [0.05, 0.1) is 13.1 Å². The summed E-state index contributed by atoms with van der Waals surface area (Å²) in [6.45, 7) is 10.2. The van der Waals surface area contributed by atoms with E-state index in [-0.39, 0.29) is 11.3 Å². The maximum Gasteiger partial charge on any atom is 0.256 e. The van der Waals surface area contributed by atoms with Crippen LogP contribution in [0.3, 0.4) is 0 Å². The third-order valence-electron chi connectivity index (χ3n) is 6.26. The fraction of sp³-hybridized carbons (Fsp3) is 0.542. The van der Waals surface area contributed by atoms with Crippen molar-refractivity contribution in [2.75, 3.05) is 18.4 Å². The Bertz CT molecular complexity index is 839. The SMILES string of the molecule is CC(C)(C)c1ccc(C(=O)Nc2sc3c(c2C[NH+]2CCCC2)CCCC3)cc1. The molecular formula is C24H33N2OS+. The second-order valence-corrected chi connectivity index (χ2v) is 10.5. The number of aryl methyl sites for hydroxylation is 1. The molecule has 0 bridgehead atoms. The van der Waals surface area contributed by atoms with E-state index in [0.717, 1.165) is 17.1 Å². The third-order valence-corrected chi connectivity index (χ3v) is 7.51. The molecule has 0 spiro atoms. The van der Waals surface area contributed by atoms with Crippen molar-refractivity contribution in [2.45, 2.75) is 71.3 Å². The molecule has 2 aromatic rings. The molecule has 1 saturated heterocycles. The number of hydrogen-bond donors (Lipinski definition) is 2. The van der Waals surface area contributed by atoms with Crippen LogP contribution in [0, 0.1) is 0 Å². The van der Waals surface area contributed by atoms with E-state index in [1.807, 2.05) is 23.5 Å². The molecule has 4 heteroatoms. The van der Waals surface area contributed by atoms with Crippen LogP contribution in [0.25, 0.3) is 0 Å². The Morgan fingerprint density at radius 2 is 1.71 bits per heavy atom. The number of likely N-dealkylation sites (tertiary alicyclic amines) is 1. The summed E-state index contributed by atoms with van der Waals surface area (Å²) in [5.41, 5.74) is 5.09. The highest BCUT2D eigenvalue weighted by atomic mass is 32.1. The standard InChI is InChI=1S/C24H32N2OS/c1-24(2,3)18-12-10-17(11-13-18)22(27)25-23-20(16-26-14-6-7-15-26)19-8-4-5-9-21(19)28-23/h10-13H,4-9,14-16H2,1-3H3,(H,25,27)/p+1. The van der Waals surface area contributed by atoms with E-state index in [9.17, 15) is 4.79 Å². The molecular weight excluding hydrogens is 364 g/mol. The van der Waals surface area contributed by atoms with Gasteiger partial charge >= 0.3 is 0 Å². The van der Waals surface area contributed by atoms with Gasteiger partial charge in [-0.2, -0.15) is 0 Å². The van der Waals surface area contributed by atoms with Gasteiger partial charge in [0.15, 0.2) is 0 Å². The molecule has 2 N–H and O–H groups in total. The lowest BCUT2D eigenvalue weighted by Gasteiger charge is -2.19. The van der Waals surface area contributed by atoms with Crippen LogP contribution in [0.15, 0.2) is 24.3 Å². The Kier molecular flexibility index (Phi) is 5.62. The Balaban J connectivity index is 1.56. The molecule has 1 aliphatic heterocycles. The van der Waals surface area contributed by atoms with Gasteiger partial charge in [0.1, 0.15) is 11.5 Å². The summed E-state index contributed by atoms with van der Waals surface area (Å²) in [5, 5.41) is 4.39. The number of amides is 1. The van der Waals surface area contributed by atoms with Crippen LogP contribution in [0.5, 0.6) is 0 Å². The second-order valence-electron chi connectivity index (χ2n) is 9.43. The molecule has 2 heterocycles. The van der Waals surface area contributed by atoms with Crippen LogP contribution in [-0.2, 0) is 24.8 Å². The molecule has 1 fully saturated rings. The van der Waals surface area contributed by atoms with E-state index in [1.54, 1.807) is 10.5 Å². The number of anilines is 1. The number of fused-ring (bicyclic) bond motifs is 1. The predicted octanol–water partition coefficient (Wildman–Crippen LogP) is 4.36. The molecule has 0 unspecified atom stereocenters. The first-order valence-electron chi connectivity index (χ1n) is 10.8. The maximum atomic E-state index is 13.0. The first-order chi connectivity index (χ1) is 13.4. The zero-order valence-corrected chi connectivity index (χ0v) is 18.3. The van der Waals surface area contributed by atoms with Gasteiger partial charge in [-0.15, -0.1) is 11.3 Å². The monoisotopic (exact) mass is 397 g/mol. The zero-order valence-electron chi connectivity index (χ0n) is 17.5. The Morgan fingerprint density at radius 1 is 1.04 bits per heavy atom. The van der Waals surface area contributed by atoms with Crippen molar-refractivity contribution in [3.63, 3.8) is 0 Å². The summed E-state index contributed by atoms with van der Waals surface area (Å²) >= 11 is 1.83. The van der Waals surface area contributed by atoms with Crippen molar-refractivity contribution in [1.29, 1.82) is 0 Å². The third kappa shape index (κ3) is 4.18. The molecule has 1 aromatic heterocycles. The van der Waals surface area contributed by atoms with E-state index in [0.29, 0.717) is 0 Å². The summed E-state index contributed by atoms with van der Waals surface area (Å²) in [4.78, 5) is 16.2. The zero-order chi connectivity index (χ0) is 19.7. The van der Waals surface area contributed by atoms with Crippen molar-refractivity contribution in [2.24, 2.45) is 0 Å². The normalized spacial score (nSPS) is 17.5. The van der Waals surface area contributed by atoms with E-state index in [1.165, 1.54) is 67.6 Å². The minimum atomic E-state index is 0.0247. The van der Waals surface area contributed by atoms with Crippen LogP contribution in [-0.4, -0.2) is 19.0 Å². The van der Waals surface area contributed by atoms with E-state index >= 15 is 0 Å². The average molecular weight is 398 g/mol. The highest BCUT2D eigenvalue weighted by molar-refractivity contribution is 7.16. The highest BCUT2D eigenvalue weighted by Gasteiger charge is 2.26. The summed E-state index contributed by atoms with van der Waals surface area (Å²) in [5.74, 6) is 0.0247. The number of carbonyl (C=O) groups is 1. The molecule has 1 aliphatic carbocycles. The lowest BCUT2D eigenvalue weighted by Crippen LogP contribution is -3.08. The van der Waals surface area contributed by atoms with Gasteiger partial charge in [-0.25, -0.2) is 0 Å². The van der Waals surface area contributed by atoms with Crippen molar-refractivity contribution in [3.8, 4) is 0 Å². The Hall–Kier alpha value is -1.65. The summed E-state index contributed by atoms with van der Waals surface area (Å²) in [6, 6.07) is 8.11. The van der Waals surface area contributed by atoms with Crippen molar-refractivity contribution >= 4 is 22.2 Å². The lowest BCUT2D eigenvalue weighted by atomic mass is 9.87. The number of carbonyl (C=O) groups excluding carboxylic acids is 1. The Morgan fingerprint density at radius 3 is 2.39 bits per heavy atom. The lowest BCUT2D eigenvalue weighted by molar-refractivity contribution is -0.901. The van der Waals surface area contributed by atoms with Crippen LogP contribution < -0.4 is 10.2 Å². The number of benzene rings is 1. The first-order valence-corrected chi connectivity index (χ1v) is 11.6. The van der Waals surface area contributed by atoms with Gasteiger partial charge in [0.25, 0.3) is 5.91 Å². The fourth-order valence-electron chi connectivity index (χ4n) is 4.52. The number of nitrogens with one attached hydrogen (secondary N) is 2. The smallest absolute Gasteiger partial charge is 0.256 e. The molecule has 2 aliphatic rings. The predicted molar refractivity (Wildman–Crippen MR) is 118 cm³/mol. The van der Waals surface area contributed by atoms with Gasteiger partial charge in [-0.05, 0) is 54.4 Å². The minimum Gasteiger partial charge on any atom is -0.331 e. The number of quaternary nitrogens is 1. The van der Waals surface area contributed by atoms with Gasteiger partial charge in [0, 0.05) is 28.8 Å². The second kappa shape index (κ2) is 8.00. The molecule has 150 valence electrons. The van der Waals surface area contributed by atoms with Gasteiger partial charge in [0.2, 0.25) is 0 Å². The minimum absolute atomic E-state index is 0.0247. The van der Waals surface area contributed by atoms with Crippen molar-refractivity contribution < 1.29 is 9.69 Å². The largest absolute Gasteiger partial charge is 0.331 e. The molecule has 1 aromatic carbocycles. The first kappa shape index (κ1) is 19.7. The van der Waals surface area contributed by atoms with E-state index in [4.69, 9.17) is 0 Å². The van der Waals surface area contributed by atoms with Crippen LogP contribution in [0.1, 0.15) is 78.4 Å². The molecule has 4 rings (SSSR count). The van der Waals surface area contributed by atoms with Gasteiger partial charge < -0.3 is 10.2 Å². The summed E-state index contributed by atoms with van der Waals surface area (Å²) in [6.07, 6.45) is 7.61. The van der Waals surface area contributed by atoms with E-state index in [2.05, 4.69) is 38.2 Å². The number of rotatable bonds is 4. The molecule has 28 heavy (non-hydrogen) atoms. The van der Waals surface area contributed by atoms with Crippen LogP contribution in [0.2, 0.25) is 0 Å². The average Bonchev–Trinajstić information content (AvgIpc) is 3.30. The van der Waals surface area contributed by atoms with Crippen molar-refractivity contribution in [1.82, 2.24) is 0 Å². The Labute approximate surface area is 173 Å². The van der Waals surface area contributed by atoms with E-state index < -0.39 is 0 Å². The molecule has 0 atom stereocenters. The van der Waals surface area contributed by atoms with Crippen molar-refractivity contribution in [3.05, 3.63) is 51.4 Å². The number of hydrogen-bond acceptors (Lipinski definition) is 2. The molecule has 0 radical (unpaired) electrons. The molecule has 0 saturated carbocycles. The van der Waals surface area contributed by atoms with Gasteiger partial charge in [-0.3, -0.25) is 4.79 Å². The highest BCUT2D eigenvalue weighted by Crippen LogP contribution is 2.38.